The van der Waals surface area contributed by atoms with Crippen molar-refractivity contribution in [1.82, 2.24) is 9.78 Å². The Morgan fingerprint density at radius 3 is 2.86 bits per heavy atom. The summed E-state index contributed by atoms with van der Waals surface area (Å²) >= 11 is 1.30. The number of amides is 1. The fraction of sp³-hybridized carbons (Fsp3) is 0.357. The maximum absolute atomic E-state index is 11.9. The number of ether oxygens (including phenoxy) is 1. The van der Waals surface area contributed by atoms with Crippen molar-refractivity contribution in [1.29, 1.82) is 0 Å². The van der Waals surface area contributed by atoms with Crippen LogP contribution in [0.3, 0.4) is 0 Å². The topological polar surface area (TPSA) is 73.2 Å². The van der Waals surface area contributed by atoms with Crippen LogP contribution in [0.2, 0.25) is 0 Å². The van der Waals surface area contributed by atoms with Gasteiger partial charge in [-0.05, 0) is 25.0 Å². The van der Waals surface area contributed by atoms with Crippen molar-refractivity contribution in [3.8, 4) is 0 Å². The summed E-state index contributed by atoms with van der Waals surface area (Å²) in [6.45, 7) is 1.85. The number of hydrogen-bond donors (Lipinski definition) is 1. The van der Waals surface area contributed by atoms with E-state index in [9.17, 15) is 9.59 Å². The Morgan fingerprint density at radius 1 is 1.48 bits per heavy atom. The van der Waals surface area contributed by atoms with Gasteiger partial charge in [0.05, 0.1) is 19.0 Å². The highest BCUT2D eigenvalue weighted by atomic mass is 32.1. The van der Waals surface area contributed by atoms with Crippen molar-refractivity contribution in [2.45, 2.75) is 19.8 Å². The molecular weight excluding hydrogens is 290 g/mol. The van der Waals surface area contributed by atoms with E-state index in [2.05, 4.69) is 15.2 Å². The molecule has 0 aliphatic carbocycles. The van der Waals surface area contributed by atoms with Gasteiger partial charge >= 0.3 is 5.97 Å². The SMILES string of the molecule is COC(=O)c1cc(NC(=O)CCc2cnn(C)c2)c(C)s1. The number of nitrogens with one attached hydrogen (secondary N) is 1. The van der Waals surface area contributed by atoms with E-state index in [1.807, 2.05) is 20.2 Å². The molecule has 7 heteroatoms. The van der Waals surface area contributed by atoms with Crippen LogP contribution < -0.4 is 5.32 Å². The van der Waals surface area contributed by atoms with Crippen LogP contribution in [0.15, 0.2) is 18.5 Å². The van der Waals surface area contributed by atoms with Crippen molar-refractivity contribution in [3.63, 3.8) is 0 Å². The van der Waals surface area contributed by atoms with Crippen LogP contribution in [0.5, 0.6) is 0 Å². The highest BCUT2D eigenvalue weighted by molar-refractivity contribution is 7.14. The summed E-state index contributed by atoms with van der Waals surface area (Å²) in [5, 5.41) is 6.88. The minimum atomic E-state index is -0.390. The summed E-state index contributed by atoms with van der Waals surface area (Å²) in [6, 6.07) is 1.65. The number of aromatic nitrogens is 2. The quantitative estimate of drug-likeness (QED) is 0.859. The minimum Gasteiger partial charge on any atom is -0.465 e. The molecule has 112 valence electrons. The first kappa shape index (κ1) is 15.2. The van der Waals surface area contributed by atoms with E-state index in [-0.39, 0.29) is 11.9 Å². The molecule has 1 amide bonds. The van der Waals surface area contributed by atoms with E-state index < -0.39 is 0 Å². The number of carbonyl (C=O) groups excluding carboxylic acids is 2. The average molecular weight is 307 g/mol. The Kier molecular flexibility index (Phi) is 4.74. The van der Waals surface area contributed by atoms with Gasteiger partial charge in [-0.15, -0.1) is 11.3 Å². The molecule has 0 atom stereocenters. The van der Waals surface area contributed by atoms with Crippen molar-refractivity contribution < 1.29 is 14.3 Å². The van der Waals surface area contributed by atoms with Gasteiger partial charge in [0.2, 0.25) is 5.91 Å². The lowest BCUT2D eigenvalue weighted by Gasteiger charge is -2.03. The first-order valence-electron chi connectivity index (χ1n) is 6.45. The number of nitrogens with zero attached hydrogens (tertiary/aromatic N) is 2. The predicted octanol–water partition coefficient (Wildman–Crippen LogP) is 2.15. The van der Waals surface area contributed by atoms with Crippen LogP contribution in [0, 0.1) is 6.92 Å². The van der Waals surface area contributed by atoms with Crippen molar-refractivity contribution in [3.05, 3.63) is 33.8 Å². The number of thiophene rings is 1. The molecule has 2 heterocycles. The lowest BCUT2D eigenvalue weighted by Crippen LogP contribution is -2.12. The van der Waals surface area contributed by atoms with E-state index in [0.717, 1.165) is 10.4 Å². The third-order valence-corrected chi connectivity index (χ3v) is 4.01. The highest BCUT2D eigenvalue weighted by Crippen LogP contribution is 2.27. The molecule has 6 nitrogen and oxygen atoms in total. The second-order valence-electron chi connectivity index (χ2n) is 4.64. The first-order chi connectivity index (χ1) is 9.99. The molecular formula is C14H17N3O3S. The van der Waals surface area contributed by atoms with Crippen molar-refractivity contribution in [2.24, 2.45) is 7.05 Å². The number of rotatable bonds is 5. The Labute approximate surface area is 126 Å². The fourth-order valence-corrected chi connectivity index (χ4v) is 2.77. The van der Waals surface area contributed by atoms with Crippen LogP contribution in [0.4, 0.5) is 5.69 Å². The van der Waals surface area contributed by atoms with Gasteiger partial charge in [0.1, 0.15) is 4.88 Å². The molecule has 2 aromatic rings. The molecule has 0 bridgehead atoms. The van der Waals surface area contributed by atoms with E-state index in [4.69, 9.17) is 0 Å². The molecule has 0 aliphatic rings. The predicted molar refractivity (Wildman–Crippen MR) is 80.6 cm³/mol. The van der Waals surface area contributed by atoms with Gasteiger partial charge in [-0.2, -0.15) is 5.10 Å². The summed E-state index contributed by atoms with van der Waals surface area (Å²) in [6.07, 6.45) is 4.64. The van der Waals surface area contributed by atoms with E-state index in [1.165, 1.54) is 18.4 Å². The molecule has 2 aromatic heterocycles. The summed E-state index contributed by atoms with van der Waals surface area (Å²) in [5.41, 5.74) is 1.68. The van der Waals surface area contributed by atoms with E-state index in [0.29, 0.717) is 23.4 Å². The second kappa shape index (κ2) is 6.53. The number of hydrogen-bond acceptors (Lipinski definition) is 5. The molecule has 0 saturated heterocycles. The molecule has 0 aromatic carbocycles. The van der Waals surface area contributed by atoms with Crippen LogP contribution in [-0.2, 0) is 23.0 Å². The Morgan fingerprint density at radius 2 is 2.24 bits per heavy atom. The third kappa shape index (κ3) is 3.91. The van der Waals surface area contributed by atoms with Gasteiger partial charge in [-0.1, -0.05) is 0 Å². The number of carbonyl (C=O) groups is 2. The van der Waals surface area contributed by atoms with Gasteiger partial charge in [0, 0.05) is 24.5 Å². The molecule has 21 heavy (non-hydrogen) atoms. The molecule has 0 fully saturated rings. The molecule has 0 spiro atoms. The lowest BCUT2D eigenvalue weighted by molar-refractivity contribution is -0.116. The Balaban J connectivity index is 1.93. The van der Waals surface area contributed by atoms with Gasteiger partial charge < -0.3 is 10.1 Å². The number of esters is 1. The smallest absolute Gasteiger partial charge is 0.348 e. The molecule has 1 N–H and O–H groups in total. The zero-order valence-electron chi connectivity index (χ0n) is 12.2. The van der Waals surface area contributed by atoms with Gasteiger partial charge in [-0.3, -0.25) is 9.48 Å². The van der Waals surface area contributed by atoms with Gasteiger partial charge in [0.15, 0.2) is 0 Å². The summed E-state index contributed by atoms with van der Waals surface area (Å²) in [5.74, 6) is -0.477. The Hall–Kier alpha value is -2.15. The van der Waals surface area contributed by atoms with Crippen LogP contribution in [-0.4, -0.2) is 28.8 Å². The highest BCUT2D eigenvalue weighted by Gasteiger charge is 2.14. The standard InChI is InChI=1S/C14H17N3O3S/c1-9-11(6-12(21-9)14(19)20-3)16-13(18)5-4-10-7-15-17(2)8-10/h6-8H,4-5H2,1-3H3,(H,16,18). The molecule has 0 radical (unpaired) electrons. The monoisotopic (exact) mass is 307 g/mol. The minimum absolute atomic E-state index is 0.0869. The normalized spacial score (nSPS) is 10.4. The van der Waals surface area contributed by atoms with Gasteiger partial charge in [0.25, 0.3) is 0 Å². The summed E-state index contributed by atoms with van der Waals surface area (Å²) < 4.78 is 6.37. The maximum Gasteiger partial charge on any atom is 0.348 e. The summed E-state index contributed by atoms with van der Waals surface area (Å²) in [7, 11) is 3.18. The lowest BCUT2D eigenvalue weighted by atomic mass is 10.2. The largest absolute Gasteiger partial charge is 0.465 e. The van der Waals surface area contributed by atoms with Crippen molar-refractivity contribution >= 4 is 28.9 Å². The van der Waals surface area contributed by atoms with E-state index in [1.54, 1.807) is 16.9 Å². The van der Waals surface area contributed by atoms with Crippen LogP contribution in [0.25, 0.3) is 0 Å². The van der Waals surface area contributed by atoms with E-state index >= 15 is 0 Å². The molecule has 0 saturated carbocycles. The maximum atomic E-state index is 11.9. The fourth-order valence-electron chi connectivity index (χ4n) is 1.88. The average Bonchev–Trinajstić information content (AvgIpc) is 3.02. The number of anilines is 1. The summed E-state index contributed by atoms with van der Waals surface area (Å²) in [4.78, 5) is 24.8. The zero-order valence-corrected chi connectivity index (χ0v) is 13.0. The first-order valence-corrected chi connectivity index (χ1v) is 7.27. The third-order valence-electron chi connectivity index (χ3n) is 2.98. The molecule has 2 rings (SSSR count). The molecule has 0 unspecified atom stereocenters. The van der Waals surface area contributed by atoms with Crippen LogP contribution in [0.1, 0.15) is 26.5 Å². The Bertz CT molecular complexity index is 660. The van der Waals surface area contributed by atoms with Crippen LogP contribution >= 0.6 is 11.3 Å². The second-order valence-corrected chi connectivity index (χ2v) is 5.90. The zero-order chi connectivity index (χ0) is 15.4. The van der Waals surface area contributed by atoms with Gasteiger partial charge in [-0.25, -0.2) is 4.79 Å². The number of aryl methyl sites for hydroxylation is 3. The molecule has 0 aliphatic heterocycles. The number of methoxy groups -OCH3 is 1. The van der Waals surface area contributed by atoms with Crippen molar-refractivity contribution in [2.75, 3.05) is 12.4 Å².